The average molecular weight is 518 g/mol. The molecule has 1 aliphatic carbocycles. The summed E-state index contributed by atoms with van der Waals surface area (Å²) in [6.07, 6.45) is -0.573. The lowest BCUT2D eigenvalue weighted by Gasteiger charge is -2.46. The Hall–Kier alpha value is -2.50. The van der Waals surface area contributed by atoms with E-state index in [9.17, 15) is 20.4 Å². The van der Waals surface area contributed by atoms with Crippen LogP contribution in [0.5, 0.6) is 5.75 Å². The van der Waals surface area contributed by atoms with Gasteiger partial charge in [-0.3, -0.25) is 0 Å². The molecule has 9 nitrogen and oxygen atoms in total. The minimum absolute atomic E-state index is 0.189. The van der Waals surface area contributed by atoms with Gasteiger partial charge in [-0.2, -0.15) is 0 Å². The van der Waals surface area contributed by atoms with Crippen LogP contribution in [-0.4, -0.2) is 70.4 Å². The fourth-order valence-corrected chi connectivity index (χ4v) is 5.09. The van der Waals surface area contributed by atoms with Gasteiger partial charge in [-0.25, -0.2) is 0 Å². The molecule has 4 N–H and O–H groups in total. The number of allylic oxidation sites excluding steroid dienone is 2. The summed E-state index contributed by atoms with van der Waals surface area (Å²) >= 11 is 6.49. The van der Waals surface area contributed by atoms with Gasteiger partial charge in [0, 0.05) is 17.0 Å². The molecule has 2 aromatic carbocycles. The number of aliphatic hydroxyl groups is 4. The molecule has 0 spiro atoms. The molecular formula is C26H28ClNO8. The molecule has 10 heteroatoms. The summed E-state index contributed by atoms with van der Waals surface area (Å²) in [7, 11) is 1.51. The zero-order valence-electron chi connectivity index (χ0n) is 19.6. The Balaban J connectivity index is 1.36. The number of hydrogen-bond donors (Lipinski definition) is 4. The van der Waals surface area contributed by atoms with Crippen LogP contribution in [0.2, 0.25) is 5.02 Å². The summed E-state index contributed by atoms with van der Waals surface area (Å²) in [4.78, 5) is 4.87. The third-order valence-corrected chi connectivity index (χ3v) is 7.29. The minimum atomic E-state index is -1.74. The summed E-state index contributed by atoms with van der Waals surface area (Å²) in [5, 5.41) is 46.0. The second kappa shape index (κ2) is 9.75. The zero-order chi connectivity index (χ0) is 25.5. The minimum Gasteiger partial charge on any atom is -0.456 e. The number of nitrogens with zero attached hydrogens (tertiary/aromatic N) is 1. The average Bonchev–Trinajstić information content (AvgIpc) is 3.49. The highest BCUT2D eigenvalue weighted by atomic mass is 35.5. The first-order valence-electron chi connectivity index (χ1n) is 11.7. The van der Waals surface area contributed by atoms with E-state index in [-0.39, 0.29) is 6.61 Å². The van der Waals surface area contributed by atoms with Crippen LogP contribution >= 0.6 is 11.6 Å². The quantitative estimate of drug-likeness (QED) is 0.410. The van der Waals surface area contributed by atoms with Crippen molar-refractivity contribution in [1.29, 1.82) is 0 Å². The summed E-state index contributed by atoms with van der Waals surface area (Å²) in [6, 6.07) is 12.6. The predicted molar refractivity (Wildman–Crippen MR) is 130 cm³/mol. The molecule has 0 aromatic heterocycles. The van der Waals surface area contributed by atoms with E-state index in [0.29, 0.717) is 28.5 Å². The summed E-state index contributed by atoms with van der Waals surface area (Å²) in [5.41, 5.74) is 1.37. The highest BCUT2D eigenvalue weighted by molar-refractivity contribution is 6.31. The molecule has 36 heavy (non-hydrogen) atoms. The van der Waals surface area contributed by atoms with E-state index in [1.165, 1.54) is 7.11 Å². The molecule has 2 fully saturated rings. The van der Waals surface area contributed by atoms with Crippen molar-refractivity contribution < 1.29 is 39.5 Å². The highest BCUT2D eigenvalue weighted by Gasteiger charge is 2.67. The number of oxime groups is 1. The molecular weight excluding hydrogens is 490 g/mol. The maximum Gasteiger partial charge on any atom is 0.225 e. The van der Waals surface area contributed by atoms with Crippen LogP contribution in [0.4, 0.5) is 0 Å². The highest BCUT2D eigenvalue weighted by Crippen LogP contribution is 2.49. The molecule has 5 atom stereocenters. The van der Waals surface area contributed by atoms with Gasteiger partial charge in [-0.1, -0.05) is 35.0 Å². The summed E-state index contributed by atoms with van der Waals surface area (Å²) < 4.78 is 17.7. The van der Waals surface area contributed by atoms with Gasteiger partial charge in [0.2, 0.25) is 5.79 Å². The van der Waals surface area contributed by atoms with Crippen LogP contribution in [0.15, 0.2) is 59.5 Å². The molecule has 0 amide bonds. The Bertz CT molecular complexity index is 1180. The van der Waals surface area contributed by atoms with Crippen molar-refractivity contribution in [3.63, 3.8) is 0 Å². The van der Waals surface area contributed by atoms with Crippen LogP contribution in [0, 0.1) is 0 Å². The van der Waals surface area contributed by atoms with Gasteiger partial charge in [0.05, 0.1) is 13.2 Å². The van der Waals surface area contributed by atoms with Gasteiger partial charge in [0.15, 0.2) is 0 Å². The van der Waals surface area contributed by atoms with Crippen LogP contribution in [0.3, 0.4) is 0 Å². The van der Waals surface area contributed by atoms with Gasteiger partial charge in [-0.05, 0) is 54.3 Å². The van der Waals surface area contributed by atoms with Gasteiger partial charge in [0.25, 0.3) is 0 Å². The lowest BCUT2D eigenvalue weighted by atomic mass is 9.83. The number of benzene rings is 2. The van der Waals surface area contributed by atoms with E-state index >= 15 is 0 Å². The van der Waals surface area contributed by atoms with Gasteiger partial charge in [-0.15, -0.1) is 0 Å². The number of aliphatic hydroxyl groups excluding tert-OH is 4. The Morgan fingerprint density at radius 2 is 1.89 bits per heavy atom. The van der Waals surface area contributed by atoms with Crippen molar-refractivity contribution in [1.82, 2.24) is 0 Å². The first kappa shape index (κ1) is 25.2. The SMILES string of the molecule is CO/N=C1/CCC=C1Oc1ccc(Cc2cc([C@]34OC[C@](CO)(O3)[C@@H](O)[C@H](O)[C@H]4O)ccc2Cl)cc1. The van der Waals surface area contributed by atoms with E-state index < -0.39 is 36.3 Å². The molecule has 0 unspecified atom stereocenters. The van der Waals surface area contributed by atoms with E-state index in [2.05, 4.69) is 5.16 Å². The van der Waals surface area contributed by atoms with Crippen LogP contribution in [0.1, 0.15) is 29.5 Å². The number of halogens is 1. The predicted octanol–water partition coefficient (Wildman–Crippen LogP) is 2.02. The van der Waals surface area contributed by atoms with Gasteiger partial charge in [0.1, 0.15) is 48.2 Å². The summed E-state index contributed by atoms with van der Waals surface area (Å²) in [5.74, 6) is -0.386. The maximum atomic E-state index is 10.8. The number of hydrogen-bond acceptors (Lipinski definition) is 9. The lowest BCUT2D eigenvalue weighted by Crippen LogP contribution is -2.65. The fraction of sp³-hybridized carbons (Fsp3) is 0.423. The number of rotatable bonds is 7. The van der Waals surface area contributed by atoms with E-state index in [0.717, 1.165) is 29.7 Å². The van der Waals surface area contributed by atoms with Gasteiger partial charge >= 0.3 is 0 Å². The van der Waals surface area contributed by atoms with Gasteiger partial charge < -0.3 is 39.5 Å². The van der Waals surface area contributed by atoms with Crippen molar-refractivity contribution in [2.45, 2.75) is 49.0 Å². The van der Waals surface area contributed by atoms with Crippen LogP contribution < -0.4 is 4.74 Å². The first-order valence-corrected chi connectivity index (χ1v) is 12.0. The number of fused-ring (bicyclic) bond motifs is 2. The Kier molecular flexibility index (Phi) is 6.82. The maximum absolute atomic E-state index is 10.8. The monoisotopic (exact) mass is 517 g/mol. The van der Waals surface area contributed by atoms with E-state index in [1.807, 2.05) is 30.3 Å². The molecule has 3 aliphatic rings. The smallest absolute Gasteiger partial charge is 0.225 e. The number of ether oxygens (including phenoxy) is 3. The van der Waals surface area contributed by atoms with Crippen molar-refractivity contribution in [3.8, 4) is 5.75 Å². The Labute approximate surface area is 213 Å². The standard InChI is InChI=1S/C26H28ClNO8/c1-33-28-20-3-2-4-21(20)35-18-8-5-15(6-9-18)11-16-12-17(7-10-19(16)27)26-24(32)22(30)23(31)25(13-29,36-26)14-34-26/h4-10,12,22-24,29-32H,2-3,11,13-14H2,1H3/b28-20-/t22-,23-,24+,25-,26-/m0/s1. The van der Waals surface area contributed by atoms with E-state index in [4.69, 9.17) is 30.6 Å². The molecule has 0 saturated carbocycles. The molecule has 2 heterocycles. The van der Waals surface area contributed by atoms with Crippen molar-refractivity contribution >= 4 is 17.3 Å². The molecule has 5 rings (SSSR count). The first-order chi connectivity index (χ1) is 17.3. The third-order valence-electron chi connectivity index (χ3n) is 6.92. The van der Waals surface area contributed by atoms with Crippen molar-refractivity contribution in [2.24, 2.45) is 5.16 Å². The molecule has 2 aromatic rings. The second-order valence-corrected chi connectivity index (χ2v) is 9.63. The van der Waals surface area contributed by atoms with Crippen molar-refractivity contribution in [2.75, 3.05) is 20.3 Å². The second-order valence-electron chi connectivity index (χ2n) is 9.22. The van der Waals surface area contributed by atoms with Crippen LogP contribution in [0.25, 0.3) is 0 Å². The topological polar surface area (TPSA) is 130 Å². The molecule has 192 valence electrons. The summed E-state index contributed by atoms with van der Waals surface area (Å²) in [6.45, 7) is -0.768. The van der Waals surface area contributed by atoms with Crippen LogP contribution in [-0.2, 0) is 26.5 Å². The van der Waals surface area contributed by atoms with E-state index in [1.54, 1.807) is 18.2 Å². The largest absolute Gasteiger partial charge is 0.456 e. The molecule has 2 saturated heterocycles. The lowest BCUT2D eigenvalue weighted by molar-refractivity contribution is -0.329. The third kappa shape index (κ3) is 4.20. The molecule has 2 bridgehead atoms. The molecule has 0 radical (unpaired) electrons. The fourth-order valence-electron chi connectivity index (χ4n) is 4.91. The Morgan fingerprint density at radius 3 is 2.61 bits per heavy atom. The zero-order valence-corrected chi connectivity index (χ0v) is 20.4. The van der Waals surface area contributed by atoms with Crippen molar-refractivity contribution in [3.05, 3.63) is 76.0 Å². The molecule has 2 aliphatic heterocycles. The normalized spacial score (nSPS) is 32.6. The Morgan fingerprint density at radius 1 is 1.11 bits per heavy atom.